The molecule has 4 aromatic carbocycles. The number of carbonyl (C=O) groups excluding carboxylic acids is 4. The Kier molecular flexibility index (Phi) is 15.7. The van der Waals surface area contributed by atoms with Gasteiger partial charge in [0.2, 0.25) is 11.8 Å². The average Bonchev–Trinajstić information content (AvgIpc) is 3.54. The third-order valence-electron chi connectivity index (χ3n) is 9.61. The van der Waals surface area contributed by atoms with Gasteiger partial charge in [0.05, 0.1) is 13.1 Å². The van der Waals surface area contributed by atoms with Crippen molar-refractivity contribution in [1.29, 1.82) is 0 Å². The van der Waals surface area contributed by atoms with Crippen molar-refractivity contribution in [2.45, 2.75) is 71.1 Å². The highest BCUT2D eigenvalue weighted by molar-refractivity contribution is 5.92. The van der Waals surface area contributed by atoms with Gasteiger partial charge in [0.1, 0.15) is 25.3 Å². The van der Waals surface area contributed by atoms with Gasteiger partial charge in [-0.3, -0.25) is 9.59 Å². The maximum atomic E-state index is 14.4. The van der Waals surface area contributed by atoms with Crippen molar-refractivity contribution < 1.29 is 46.9 Å². The lowest BCUT2D eigenvalue weighted by Gasteiger charge is -2.34. The van der Waals surface area contributed by atoms with Crippen LogP contribution in [0.2, 0.25) is 0 Å². The standard InChI is InChI=1S/C44H50F2N4O8/c1-5-55-40(56-6-2)25-50(28(3)4)42(52)38(23-30-20-21-36(45)37(46)22-30)48-41(51)39(49-44(54)57-26-29-14-8-7-9-15-29)24-47-43(53)58-27-35-33-18-12-10-16-31(33)32-17-11-13-19-34(32)35/h7-22,28,35,38-40H,5-6,23-27H2,1-4H3,(H,47,53)(H,48,51)(H,49,54). The van der Waals surface area contributed by atoms with Crippen LogP contribution >= 0.6 is 0 Å². The number of rotatable bonds is 19. The largest absolute Gasteiger partial charge is 0.449 e. The Morgan fingerprint density at radius 2 is 1.33 bits per heavy atom. The maximum Gasteiger partial charge on any atom is 0.408 e. The molecule has 4 aromatic rings. The summed E-state index contributed by atoms with van der Waals surface area (Å²) in [5, 5.41) is 7.74. The summed E-state index contributed by atoms with van der Waals surface area (Å²) in [5.41, 5.74) is 5.04. The minimum Gasteiger partial charge on any atom is -0.449 e. The van der Waals surface area contributed by atoms with Crippen molar-refractivity contribution in [3.8, 4) is 11.1 Å². The summed E-state index contributed by atoms with van der Waals surface area (Å²) in [4.78, 5) is 56.2. The molecule has 4 amide bonds. The Hall–Kier alpha value is -5.86. The van der Waals surface area contributed by atoms with Gasteiger partial charge in [-0.15, -0.1) is 0 Å². The molecule has 1 aliphatic carbocycles. The lowest BCUT2D eigenvalue weighted by molar-refractivity contribution is -0.163. The number of ether oxygens (including phenoxy) is 4. The Balaban J connectivity index is 1.34. The number of carbonyl (C=O) groups is 4. The average molecular weight is 801 g/mol. The first-order chi connectivity index (χ1) is 28.0. The van der Waals surface area contributed by atoms with E-state index in [9.17, 15) is 28.0 Å². The molecule has 0 fully saturated rings. The lowest BCUT2D eigenvalue weighted by atomic mass is 9.98. The Labute approximate surface area is 337 Å². The van der Waals surface area contributed by atoms with E-state index in [0.29, 0.717) is 18.8 Å². The first-order valence-electron chi connectivity index (χ1n) is 19.3. The normalized spacial score (nSPS) is 13.0. The topological polar surface area (TPSA) is 145 Å². The summed E-state index contributed by atoms with van der Waals surface area (Å²) in [7, 11) is 0. The summed E-state index contributed by atoms with van der Waals surface area (Å²) in [6.07, 6.45) is -2.85. The number of halogens is 2. The fraction of sp³-hybridized carbons (Fsp3) is 0.364. The van der Waals surface area contributed by atoms with Crippen LogP contribution in [-0.4, -0.2) is 86.2 Å². The van der Waals surface area contributed by atoms with Gasteiger partial charge in [-0.05, 0) is 73.2 Å². The van der Waals surface area contributed by atoms with Crippen LogP contribution in [0.25, 0.3) is 11.1 Å². The van der Waals surface area contributed by atoms with E-state index in [0.717, 1.165) is 34.4 Å². The third-order valence-corrected chi connectivity index (χ3v) is 9.61. The Morgan fingerprint density at radius 1 is 0.707 bits per heavy atom. The zero-order valence-corrected chi connectivity index (χ0v) is 33.0. The van der Waals surface area contributed by atoms with E-state index in [2.05, 4.69) is 16.0 Å². The fourth-order valence-corrected chi connectivity index (χ4v) is 6.77. The van der Waals surface area contributed by atoms with Crippen LogP contribution in [0.5, 0.6) is 0 Å². The summed E-state index contributed by atoms with van der Waals surface area (Å²) >= 11 is 0. The van der Waals surface area contributed by atoms with Crippen LogP contribution < -0.4 is 16.0 Å². The van der Waals surface area contributed by atoms with E-state index < -0.39 is 66.6 Å². The second kappa shape index (κ2) is 21.1. The molecule has 0 spiro atoms. The second-order valence-electron chi connectivity index (χ2n) is 13.9. The van der Waals surface area contributed by atoms with Gasteiger partial charge >= 0.3 is 12.2 Å². The molecule has 2 atom stereocenters. The van der Waals surface area contributed by atoms with Crippen LogP contribution in [0.4, 0.5) is 18.4 Å². The minimum absolute atomic E-state index is 0.000834. The van der Waals surface area contributed by atoms with Gasteiger partial charge in [0.25, 0.3) is 0 Å². The summed E-state index contributed by atoms with van der Waals surface area (Å²) in [5.74, 6) is -3.87. The van der Waals surface area contributed by atoms with Crippen molar-refractivity contribution in [2.75, 3.05) is 32.9 Å². The molecule has 0 bridgehead atoms. The number of hydrogen-bond acceptors (Lipinski definition) is 8. The second-order valence-corrected chi connectivity index (χ2v) is 13.9. The van der Waals surface area contributed by atoms with E-state index in [1.807, 2.05) is 54.6 Å². The molecular weight excluding hydrogens is 750 g/mol. The lowest BCUT2D eigenvalue weighted by Crippen LogP contribution is -2.59. The third kappa shape index (κ3) is 11.6. The number of nitrogens with one attached hydrogen (secondary N) is 3. The highest BCUT2D eigenvalue weighted by Gasteiger charge is 2.34. The van der Waals surface area contributed by atoms with Crippen molar-refractivity contribution in [3.63, 3.8) is 0 Å². The Morgan fingerprint density at radius 3 is 1.93 bits per heavy atom. The molecule has 0 radical (unpaired) electrons. The molecule has 0 saturated carbocycles. The number of hydrogen-bond donors (Lipinski definition) is 3. The number of amides is 4. The molecule has 3 N–H and O–H groups in total. The molecule has 0 heterocycles. The van der Waals surface area contributed by atoms with Crippen LogP contribution in [-0.2, 0) is 41.6 Å². The van der Waals surface area contributed by atoms with Gasteiger partial charge in [-0.1, -0.05) is 84.9 Å². The molecule has 5 rings (SSSR count). The fourth-order valence-electron chi connectivity index (χ4n) is 6.77. The van der Waals surface area contributed by atoms with E-state index in [-0.39, 0.29) is 37.7 Å². The van der Waals surface area contributed by atoms with Crippen molar-refractivity contribution in [1.82, 2.24) is 20.9 Å². The number of fused-ring (bicyclic) bond motifs is 3. The molecule has 12 nitrogen and oxygen atoms in total. The highest BCUT2D eigenvalue weighted by Crippen LogP contribution is 2.44. The van der Waals surface area contributed by atoms with Gasteiger partial charge in [0, 0.05) is 31.6 Å². The molecule has 2 unspecified atom stereocenters. The molecule has 0 saturated heterocycles. The maximum absolute atomic E-state index is 14.4. The van der Waals surface area contributed by atoms with Crippen molar-refractivity contribution in [3.05, 3.63) is 131 Å². The smallest absolute Gasteiger partial charge is 0.408 e. The quantitative estimate of drug-likeness (QED) is 0.0918. The summed E-state index contributed by atoms with van der Waals surface area (Å²) in [6.45, 7) is 7.17. The number of nitrogens with zero attached hydrogens (tertiary/aromatic N) is 1. The van der Waals surface area contributed by atoms with Gasteiger partial charge < -0.3 is 39.8 Å². The van der Waals surface area contributed by atoms with Crippen LogP contribution in [0.15, 0.2) is 97.1 Å². The monoisotopic (exact) mass is 800 g/mol. The molecule has 14 heteroatoms. The van der Waals surface area contributed by atoms with E-state index in [1.54, 1.807) is 52.0 Å². The zero-order chi connectivity index (χ0) is 41.6. The zero-order valence-electron chi connectivity index (χ0n) is 33.0. The van der Waals surface area contributed by atoms with E-state index in [1.165, 1.54) is 11.0 Å². The summed E-state index contributed by atoms with van der Waals surface area (Å²) in [6, 6.07) is 24.6. The van der Waals surface area contributed by atoms with Gasteiger partial charge in [-0.2, -0.15) is 0 Å². The van der Waals surface area contributed by atoms with E-state index >= 15 is 0 Å². The molecule has 1 aliphatic rings. The number of benzene rings is 4. The predicted molar refractivity (Wildman–Crippen MR) is 213 cm³/mol. The molecule has 0 aromatic heterocycles. The Bertz CT molecular complexity index is 1970. The molecular formula is C44H50F2N4O8. The van der Waals surface area contributed by atoms with Gasteiger partial charge in [-0.25, -0.2) is 18.4 Å². The summed E-state index contributed by atoms with van der Waals surface area (Å²) < 4.78 is 50.7. The van der Waals surface area contributed by atoms with Crippen LogP contribution in [0.3, 0.4) is 0 Å². The van der Waals surface area contributed by atoms with Crippen molar-refractivity contribution >= 4 is 24.0 Å². The minimum atomic E-state index is -1.48. The van der Waals surface area contributed by atoms with Crippen molar-refractivity contribution in [2.24, 2.45) is 0 Å². The number of alkyl carbamates (subject to hydrolysis) is 2. The first-order valence-corrected chi connectivity index (χ1v) is 19.3. The molecule has 308 valence electrons. The van der Waals surface area contributed by atoms with E-state index in [4.69, 9.17) is 18.9 Å². The molecule has 58 heavy (non-hydrogen) atoms. The SMILES string of the molecule is CCOC(CN(C(=O)C(Cc1ccc(F)c(F)c1)NC(=O)C(CNC(=O)OCC1c2ccccc2-c2ccccc21)NC(=O)OCc1ccccc1)C(C)C)OCC. The predicted octanol–water partition coefficient (Wildman–Crippen LogP) is 6.46. The van der Waals surface area contributed by atoms with Gasteiger partial charge in [0.15, 0.2) is 17.9 Å². The molecule has 0 aliphatic heterocycles. The van der Waals surface area contributed by atoms with Crippen LogP contribution in [0, 0.1) is 11.6 Å². The van der Waals surface area contributed by atoms with Crippen LogP contribution in [0.1, 0.15) is 55.9 Å². The first kappa shape index (κ1) is 43.3. The highest BCUT2D eigenvalue weighted by atomic mass is 19.2.